The van der Waals surface area contributed by atoms with Crippen molar-refractivity contribution in [1.82, 2.24) is 4.98 Å². The maximum atomic E-state index is 12.7. The van der Waals surface area contributed by atoms with E-state index in [1.165, 1.54) is 23.6 Å². The molecular weight excluding hydrogens is 390 g/mol. The number of ether oxygens (including phenoxy) is 1. The van der Waals surface area contributed by atoms with Gasteiger partial charge in [-0.2, -0.15) is 5.26 Å². The number of esters is 1. The number of nitrogens with zero attached hydrogens (tertiary/aromatic N) is 2. The molecule has 1 heterocycles. The molecule has 0 aliphatic rings. The second-order valence-corrected chi connectivity index (χ2v) is 6.56. The Kier molecular flexibility index (Phi) is 8.00. The van der Waals surface area contributed by atoms with Crippen LogP contribution in [0.25, 0.3) is 0 Å². The summed E-state index contributed by atoms with van der Waals surface area (Å²) in [6.07, 6.45) is 6.53. The largest absolute Gasteiger partial charge is 0.461 e. The summed E-state index contributed by atoms with van der Waals surface area (Å²) in [6.45, 7) is 3.73. The monoisotopic (exact) mass is 409 g/mol. The summed E-state index contributed by atoms with van der Waals surface area (Å²) >= 11 is 1.05. The van der Waals surface area contributed by atoms with Crippen molar-refractivity contribution in [2.45, 2.75) is 19.8 Å². The Morgan fingerprint density at radius 3 is 2.62 bits per heavy atom. The van der Waals surface area contributed by atoms with Crippen molar-refractivity contribution >= 4 is 34.7 Å². The number of nitrogens with one attached hydrogen (secondary N) is 1. The molecule has 29 heavy (non-hydrogen) atoms. The second kappa shape index (κ2) is 10.7. The van der Waals surface area contributed by atoms with Gasteiger partial charge in [0, 0.05) is 22.7 Å². The van der Waals surface area contributed by atoms with E-state index in [4.69, 9.17) is 4.74 Å². The van der Waals surface area contributed by atoms with Gasteiger partial charge in [-0.25, -0.2) is 9.78 Å². The van der Waals surface area contributed by atoms with E-state index in [9.17, 15) is 19.6 Å². The Labute approximate surface area is 172 Å². The van der Waals surface area contributed by atoms with E-state index in [0.717, 1.165) is 11.3 Å². The first kappa shape index (κ1) is 21.7. The Balaban J connectivity index is 2.11. The molecule has 1 amide bonds. The molecule has 0 aliphatic carbocycles. The number of benzene rings is 1. The summed E-state index contributed by atoms with van der Waals surface area (Å²) in [5.74, 6) is -2.47. The third-order valence-corrected chi connectivity index (χ3v) is 4.54. The standard InChI is InChI=1S/C21H19N3O4S/c1-3-5-6-7-18(25)23-15-10-8-14(9-11-15)19(26)16(12-22)20-24-17(13-29-20)21(27)28-4-2/h3,5-11,13,16H,4H2,1-2H3,(H,23,25)/b5-3+,7-6+. The van der Waals surface area contributed by atoms with Crippen molar-refractivity contribution in [2.24, 2.45) is 0 Å². The van der Waals surface area contributed by atoms with E-state index in [0.29, 0.717) is 11.3 Å². The van der Waals surface area contributed by atoms with Crippen molar-refractivity contribution in [3.63, 3.8) is 0 Å². The van der Waals surface area contributed by atoms with Gasteiger partial charge in [0.05, 0.1) is 12.7 Å². The van der Waals surface area contributed by atoms with E-state index < -0.39 is 17.7 Å². The number of anilines is 1. The molecule has 148 valence electrons. The molecule has 0 saturated heterocycles. The first-order valence-electron chi connectivity index (χ1n) is 8.77. The molecule has 1 atom stereocenters. The van der Waals surface area contributed by atoms with E-state index in [-0.39, 0.29) is 23.2 Å². The van der Waals surface area contributed by atoms with Gasteiger partial charge in [-0.1, -0.05) is 18.2 Å². The molecule has 1 aromatic carbocycles. The Hall–Kier alpha value is -3.57. The summed E-state index contributed by atoms with van der Waals surface area (Å²) in [6, 6.07) is 8.15. The van der Waals surface area contributed by atoms with E-state index in [1.54, 1.807) is 37.3 Å². The molecule has 0 bridgehead atoms. The van der Waals surface area contributed by atoms with Gasteiger partial charge < -0.3 is 10.1 Å². The second-order valence-electron chi connectivity index (χ2n) is 5.67. The minimum atomic E-state index is -1.13. The fourth-order valence-corrected chi connectivity index (χ4v) is 3.10. The molecule has 2 aromatic rings. The smallest absolute Gasteiger partial charge is 0.357 e. The molecule has 0 saturated carbocycles. The van der Waals surface area contributed by atoms with Crippen LogP contribution in [0.3, 0.4) is 0 Å². The zero-order chi connectivity index (χ0) is 21.2. The number of carbonyl (C=O) groups excluding carboxylic acids is 3. The lowest BCUT2D eigenvalue weighted by atomic mass is 9.99. The number of nitriles is 1. The summed E-state index contributed by atoms with van der Waals surface area (Å²) in [7, 11) is 0. The molecule has 0 spiro atoms. The Morgan fingerprint density at radius 2 is 2.00 bits per heavy atom. The number of thiazole rings is 1. The highest BCUT2D eigenvalue weighted by Crippen LogP contribution is 2.25. The summed E-state index contributed by atoms with van der Waals surface area (Å²) < 4.78 is 4.87. The number of ketones is 1. The van der Waals surface area contributed by atoms with Gasteiger partial charge in [0.1, 0.15) is 5.01 Å². The molecule has 7 nitrogen and oxygen atoms in total. The van der Waals surface area contributed by atoms with Crippen molar-refractivity contribution in [1.29, 1.82) is 5.26 Å². The number of Topliss-reactive ketones (excluding diaryl/α,β-unsaturated/α-hetero) is 1. The van der Waals surface area contributed by atoms with Crippen LogP contribution in [0.4, 0.5) is 5.69 Å². The van der Waals surface area contributed by atoms with Gasteiger partial charge in [-0.3, -0.25) is 9.59 Å². The van der Waals surface area contributed by atoms with E-state index in [1.807, 2.05) is 13.0 Å². The van der Waals surface area contributed by atoms with Crippen LogP contribution >= 0.6 is 11.3 Å². The molecule has 0 fully saturated rings. The lowest BCUT2D eigenvalue weighted by Crippen LogP contribution is -2.13. The van der Waals surface area contributed by atoms with Crippen LogP contribution < -0.4 is 5.32 Å². The zero-order valence-corrected chi connectivity index (χ0v) is 16.7. The van der Waals surface area contributed by atoms with Crippen LogP contribution in [0.5, 0.6) is 0 Å². The highest BCUT2D eigenvalue weighted by Gasteiger charge is 2.26. The number of amides is 1. The minimum absolute atomic E-state index is 0.0731. The van der Waals surface area contributed by atoms with Gasteiger partial charge in [0.2, 0.25) is 5.91 Å². The van der Waals surface area contributed by atoms with Gasteiger partial charge in [-0.15, -0.1) is 11.3 Å². The summed E-state index contributed by atoms with van der Waals surface area (Å²) in [5, 5.41) is 13.8. The van der Waals surface area contributed by atoms with Crippen LogP contribution in [0.15, 0.2) is 53.9 Å². The Morgan fingerprint density at radius 1 is 1.28 bits per heavy atom. The first-order valence-corrected chi connectivity index (χ1v) is 9.64. The van der Waals surface area contributed by atoms with Crippen molar-refractivity contribution in [2.75, 3.05) is 11.9 Å². The average molecular weight is 409 g/mol. The normalized spacial score (nSPS) is 11.9. The maximum Gasteiger partial charge on any atom is 0.357 e. The Bertz CT molecular complexity index is 984. The van der Waals surface area contributed by atoms with Crippen LogP contribution in [0.2, 0.25) is 0 Å². The lowest BCUT2D eigenvalue weighted by molar-refractivity contribution is -0.111. The van der Waals surface area contributed by atoms with E-state index in [2.05, 4.69) is 10.3 Å². The molecule has 0 aliphatic heterocycles. The molecule has 8 heteroatoms. The fraction of sp³-hybridized carbons (Fsp3) is 0.190. The van der Waals surface area contributed by atoms with Crippen molar-refractivity contribution < 1.29 is 19.1 Å². The van der Waals surface area contributed by atoms with E-state index >= 15 is 0 Å². The van der Waals surface area contributed by atoms with Gasteiger partial charge in [0.15, 0.2) is 17.4 Å². The predicted octanol–water partition coefficient (Wildman–Crippen LogP) is 3.88. The number of aromatic nitrogens is 1. The predicted molar refractivity (Wildman–Crippen MR) is 110 cm³/mol. The van der Waals surface area contributed by atoms with Crippen molar-refractivity contribution in [3.05, 3.63) is 70.2 Å². The molecular formula is C21H19N3O4S. The molecule has 1 unspecified atom stereocenters. The topological polar surface area (TPSA) is 109 Å². The summed E-state index contributed by atoms with van der Waals surface area (Å²) in [5.41, 5.74) is 0.889. The zero-order valence-electron chi connectivity index (χ0n) is 15.9. The van der Waals surface area contributed by atoms with Crippen LogP contribution in [-0.4, -0.2) is 29.3 Å². The third kappa shape index (κ3) is 5.96. The van der Waals surface area contributed by atoms with Gasteiger partial charge in [-0.05, 0) is 38.1 Å². The van der Waals surface area contributed by atoms with Crippen LogP contribution in [0.1, 0.15) is 45.6 Å². The van der Waals surface area contributed by atoms with Crippen LogP contribution in [0, 0.1) is 11.3 Å². The van der Waals surface area contributed by atoms with Crippen molar-refractivity contribution in [3.8, 4) is 6.07 Å². The first-order chi connectivity index (χ1) is 14.0. The number of rotatable bonds is 8. The molecule has 2 rings (SSSR count). The quantitative estimate of drug-likeness (QED) is 0.307. The molecule has 0 radical (unpaired) electrons. The maximum absolute atomic E-state index is 12.7. The number of hydrogen-bond acceptors (Lipinski definition) is 7. The highest BCUT2D eigenvalue weighted by atomic mass is 32.1. The number of carbonyl (C=O) groups is 3. The van der Waals surface area contributed by atoms with Gasteiger partial charge in [0.25, 0.3) is 0 Å². The van der Waals surface area contributed by atoms with Crippen LogP contribution in [-0.2, 0) is 9.53 Å². The molecule has 1 aromatic heterocycles. The summed E-state index contributed by atoms with van der Waals surface area (Å²) in [4.78, 5) is 40.3. The highest BCUT2D eigenvalue weighted by molar-refractivity contribution is 7.10. The molecule has 1 N–H and O–H groups in total. The third-order valence-electron chi connectivity index (χ3n) is 3.63. The average Bonchev–Trinajstić information content (AvgIpc) is 3.19. The lowest BCUT2D eigenvalue weighted by Gasteiger charge is -2.07. The SMILES string of the molecule is C/C=C/C=C/C(=O)Nc1ccc(C(=O)C(C#N)c2nc(C(=O)OCC)cs2)cc1. The number of allylic oxidation sites excluding steroid dienone is 3. The van der Waals surface area contributed by atoms with Gasteiger partial charge >= 0.3 is 5.97 Å². The number of hydrogen-bond donors (Lipinski definition) is 1. The fourth-order valence-electron chi connectivity index (χ4n) is 2.27. The minimum Gasteiger partial charge on any atom is -0.461 e.